The van der Waals surface area contributed by atoms with E-state index in [9.17, 15) is 26.4 Å². The van der Waals surface area contributed by atoms with Crippen LogP contribution < -0.4 is 10.6 Å². The molecule has 1 aromatic carbocycles. The van der Waals surface area contributed by atoms with E-state index in [1.54, 1.807) is 0 Å². The van der Waals surface area contributed by atoms with Crippen LogP contribution in [-0.4, -0.2) is 49.8 Å². The molecule has 1 saturated heterocycles. The molecule has 162 valence electrons. The summed E-state index contributed by atoms with van der Waals surface area (Å²) in [5.41, 5.74) is -0.631. The van der Waals surface area contributed by atoms with Gasteiger partial charge in [-0.25, -0.2) is 13.4 Å². The van der Waals surface area contributed by atoms with E-state index in [4.69, 9.17) is 0 Å². The third-order valence-corrected chi connectivity index (χ3v) is 6.50. The Morgan fingerprint density at radius 1 is 1.10 bits per heavy atom. The summed E-state index contributed by atoms with van der Waals surface area (Å²) in [5.74, 6) is -0.202. The average Bonchev–Trinajstić information content (AvgIpc) is 3.27. The molecule has 0 atom stereocenters. The van der Waals surface area contributed by atoms with Crippen molar-refractivity contribution in [2.75, 3.05) is 31.5 Å². The predicted molar refractivity (Wildman–Crippen MR) is 104 cm³/mol. The molecule has 0 unspecified atom stereocenters. The molecule has 1 aliphatic rings. The molecule has 1 amide bonds. The molecule has 0 aliphatic carbocycles. The fraction of sp³-hybridized carbons (Fsp3) is 0.368. The normalized spacial score (nSPS) is 15.2. The first-order valence-corrected chi connectivity index (χ1v) is 10.8. The van der Waals surface area contributed by atoms with Crippen molar-refractivity contribution in [1.82, 2.24) is 14.6 Å². The van der Waals surface area contributed by atoms with Gasteiger partial charge in [-0.3, -0.25) is 4.79 Å². The topological polar surface area (TPSA) is 91.4 Å². The van der Waals surface area contributed by atoms with Gasteiger partial charge in [0.2, 0.25) is 10.0 Å². The fourth-order valence-electron chi connectivity index (χ4n) is 3.01. The molecule has 1 aliphatic heterocycles. The summed E-state index contributed by atoms with van der Waals surface area (Å²) >= 11 is 0. The molecule has 0 bridgehead atoms. The van der Waals surface area contributed by atoms with Crippen molar-refractivity contribution < 1.29 is 26.4 Å². The van der Waals surface area contributed by atoms with Crippen LogP contribution in [0, 0.1) is 0 Å². The van der Waals surface area contributed by atoms with Gasteiger partial charge in [0.05, 0.1) is 10.5 Å². The summed E-state index contributed by atoms with van der Waals surface area (Å²) < 4.78 is 64.2. The standard InChI is InChI=1S/C19H21F3N4O3S/c20-19(21,22)15-6-7-17(25-13-15)23-8-9-24-18(27)14-4-3-5-16(12-14)30(28,29)26-10-1-2-11-26/h3-7,12-13H,1-2,8-11H2,(H,23,25)(H,24,27). The maximum Gasteiger partial charge on any atom is 0.417 e. The number of halogens is 3. The van der Waals surface area contributed by atoms with Crippen molar-refractivity contribution in [3.05, 3.63) is 53.7 Å². The highest BCUT2D eigenvalue weighted by molar-refractivity contribution is 7.89. The Morgan fingerprint density at radius 3 is 2.47 bits per heavy atom. The number of aromatic nitrogens is 1. The van der Waals surface area contributed by atoms with E-state index < -0.39 is 27.7 Å². The minimum absolute atomic E-state index is 0.0733. The summed E-state index contributed by atoms with van der Waals surface area (Å²) in [4.78, 5) is 16.1. The highest BCUT2D eigenvalue weighted by Crippen LogP contribution is 2.28. The molecule has 0 saturated carbocycles. The molecule has 2 N–H and O–H groups in total. The molecule has 1 fully saturated rings. The number of pyridine rings is 1. The third kappa shape index (κ3) is 5.28. The Morgan fingerprint density at radius 2 is 1.83 bits per heavy atom. The van der Waals surface area contributed by atoms with E-state index in [1.165, 1.54) is 34.6 Å². The van der Waals surface area contributed by atoms with Crippen molar-refractivity contribution in [3.8, 4) is 0 Å². The Bertz CT molecular complexity index is 989. The molecule has 3 rings (SSSR count). The monoisotopic (exact) mass is 442 g/mol. The van der Waals surface area contributed by atoms with E-state index in [2.05, 4.69) is 15.6 Å². The van der Waals surface area contributed by atoms with Gasteiger partial charge in [0, 0.05) is 37.9 Å². The maximum absolute atomic E-state index is 12.6. The molecule has 1 aromatic heterocycles. The van der Waals surface area contributed by atoms with Crippen molar-refractivity contribution in [2.24, 2.45) is 0 Å². The van der Waals surface area contributed by atoms with Crippen LogP contribution in [-0.2, 0) is 16.2 Å². The minimum Gasteiger partial charge on any atom is -0.368 e. The lowest BCUT2D eigenvalue weighted by atomic mass is 10.2. The van der Waals surface area contributed by atoms with Gasteiger partial charge in [0.1, 0.15) is 5.82 Å². The van der Waals surface area contributed by atoms with E-state index >= 15 is 0 Å². The van der Waals surface area contributed by atoms with Gasteiger partial charge in [0.25, 0.3) is 5.91 Å². The minimum atomic E-state index is -4.45. The lowest BCUT2D eigenvalue weighted by molar-refractivity contribution is -0.137. The molecule has 0 spiro atoms. The maximum atomic E-state index is 12.6. The molecular weight excluding hydrogens is 421 g/mol. The second-order valence-corrected chi connectivity index (χ2v) is 8.69. The van der Waals surface area contributed by atoms with Crippen molar-refractivity contribution in [3.63, 3.8) is 0 Å². The van der Waals surface area contributed by atoms with Crippen LogP contribution >= 0.6 is 0 Å². The predicted octanol–water partition coefficient (Wildman–Crippen LogP) is 2.73. The summed E-state index contributed by atoms with van der Waals surface area (Å²) in [7, 11) is -3.62. The second kappa shape index (κ2) is 9.00. The smallest absolute Gasteiger partial charge is 0.368 e. The number of carbonyl (C=O) groups is 1. The van der Waals surface area contributed by atoms with Crippen molar-refractivity contribution in [1.29, 1.82) is 0 Å². The van der Waals surface area contributed by atoms with Crippen LogP contribution in [0.2, 0.25) is 0 Å². The van der Waals surface area contributed by atoms with Gasteiger partial charge in [0.15, 0.2) is 0 Å². The zero-order valence-corrected chi connectivity index (χ0v) is 16.8. The van der Waals surface area contributed by atoms with E-state index in [-0.39, 0.29) is 29.4 Å². The van der Waals surface area contributed by atoms with Gasteiger partial charge in [-0.15, -0.1) is 0 Å². The zero-order valence-electron chi connectivity index (χ0n) is 15.9. The van der Waals surface area contributed by atoms with Gasteiger partial charge < -0.3 is 10.6 Å². The molecular formula is C19H21F3N4O3S. The van der Waals surface area contributed by atoms with Crippen LogP contribution in [0.4, 0.5) is 19.0 Å². The largest absolute Gasteiger partial charge is 0.417 e. The number of amides is 1. The van der Waals surface area contributed by atoms with Gasteiger partial charge in [-0.05, 0) is 43.2 Å². The first-order chi connectivity index (χ1) is 14.2. The fourth-order valence-corrected chi connectivity index (χ4v) is 4.57. The highest BCUT2D eigenvalue weighted by atomic mass is 32.2. The van der Waals surface area contributed by atoms with Crippen LogP contribution in [0.3, 0.4) is 0 Å². The average molecular weight is 442 g/mol. The molecule has 2 aromatic rings. The number of benzene rings is 1. The summed E-state index contributed by atoms with van der Waals surface area (Å²) in [6.07, 6.45) is -2.08. The molecule has 2 heterocycles. The number of nitrogens with zero attached hydrogens (tertiary/aromatic N) is 2. The first kappa shape index (κ1) is 22.0. The van der Waals surface area contributed by atoms with Crippen LogP contribution in [0.5, 0.6) is 0 Å². The van der Waals surface area contributed by atoms with E-state index in [1.807, 2.05) is 0 Å². The summed E-state index contributed by atoms with van der Waals surface area (Å²) in [5, 5.41) is 5.44. The lowest BCUT2D eigenvalue weighted by Gasteiger charge is -2.16. The number of alkyl halides is 3. The second-order valence-electron chi connectivity index (χ2n) is 6.75. The highest BCUT2D eigenvalue weighted by Gasteiger charge is 2.30. The number of anilines is 1. The van der Waals surface area contributed by atoms with Crippen LogP contribution in [0.1, 0.15) is 28.8 Å². The van der Waals surface area contributed by atoms with E-state index in [0.717, 1.165) is 25.1 Å². The zero-order chi connectivity index (χ0) is 21.8. The number of nitrogens with one attached hydrogen (secondary N) is 2. The number of carbonyl (C=O) groups excluding carboxylic acids is 1. The molecule has 30 heavy (non-hydrogen) atoms. The van der Waals surface area contributed by atoms with Crippen molar-refractivity contribution >= 4 is 21.7 Å². The summed E-state index contributed by atoms with van der Waals surface area (Å²) in [6, 6.07) is 7.96. The van der Waals surface area contributed by atoms with Gasteiger partial charge >= 0.3 is 6.18 Å². The lowest BCUT2D eigenvalue weighted by Crippen LogP contribution is -2.30. The molecule has 7 nitrogen and oxygen atoms in total. The summed E-state index contributed by atoms with van der Waals surface area (Å²) in [6.45, 7) is 1.35. The van der Waals surface area contributed by atoms with Gasteiger partial charge in [-0.1, -0.05) is 6.07 Å². The first-order valence-electron chi connectivity index (χ1n) is 9.33. The van der Waals surface area contributed by atoms with Crippen LogP contribution in [0.25, 0.3) is 0 Å². The van der Waals surface area contributed by atoms with Crippen LogP contribution in [0.15, 0.2) is 47.5 Å². The number of hydrogen-bond acceptors (Lipinski definition) is 5. The number of sulfonamides is 1. The number of rotatable bonds is 7. The van der Waals surface area contributed by atoms with Gasteiger partial charge in [-0.2, -0.15) is 17.5 Å². The SMILES string of the molecule is O=C(NCCNc1ccc(C(F)(F)F)cn1)c1cccc(S(=O)(=O)N2CCCC2)c1. The van der Waals surface area contributed by atoms with E-state index in [0.29, 0.717) is 13.1 Å². The number of hydrogen-bond donors (Lipinski definition) is 2. The quantitative estimate of drug-likeness (QED) is 0.644. The Labute approximate surface area is 172 Å². The third-order valence-electron chi connectivity index (χ3n) is 4.61. The molecule has 11 heteroatoms. The van der Waals surface area contributed by atoms with Crippen molar-refractivity contribution in [2.45, 2.75) is 23.9 Å². The Hall–Kier alpha value is -2.66. The Balaban J connectivity index is 1.53. The molecule has 0 radical (unpaired) electrons. The Kier molecular flexibility index (Phi) is 6.61.